The summed E-state index contributed by atoms with van der Waals surface area (Å²) < 4.78 is 61.5. The van der Waals surface area contributed by atoms with Gasteiger partial charge in [0.1, 0.15) is 6.54 Å². The van der Waals surface area contributed by atoms with E-state index in [0.717, 1.165) is 17.7 Å². The van der Waals surface area contributed by atoms with E-state index in [-0.39, 0.29) is 4.90 Å². The Morgan fingerprint density at radius 2 is 2.05 bits per heavy atom. The van der Waals surface area contributed by atoms with Gasteiger partial charge in [-0.05, 0) is 25.8 Å². The van der Waals surface area contributed by atoms with Gasteiger partial charge in [-0.3, -0.25) is 0 Å². The molecule has 0 atom stereocenters. The number of rotatable bonds is 6. The maximum atomic E-state index is 12.1. The van der Waals surface area contributed by atoms with Crippen LogP contribution in [0, 0.1) is 6.92 Å². The fourth-order valence-electron chi connectivity index (χ4n) is 1.67. The number of hydrogen-bond donors (Lipinski definition) is 2. The Kier molecular flexibility index (Phi) is 4.43. The van der Waals surface area contributed by atoms with Gasteiger partial charge in [0.25, 0.3) is 0 Å². The third-order valence-corrected chi connectivity index (χ3v) is 5.52. The summed E-state index contributed by atoms with van der Waals surface area (Å²) in [7, 11) is -4.11. The molecule has 0 radical (unpaired) electrons. The molecule has 20 heavy (non-hydrogen) atoms. The van der Waals surface area contributed by atoms with Gasteiger partial charge in [0.15, 0.2) is 0 Å². The second-order valence-electron chi connectivity index (χ2n) is 4.73. The number of nitrogens with one attached hydrogen (secondary N) is 2. The van der Waals surface area contributed by atoms with Crippen LogP contribution in [0.2, 0.25) is 0 Å². The van der Waals surface area contributed by atoms with Crippen LogP contribution in [0.5, 0.6) is 0 Å². The molecule has 0 unspecified atom stereocenters. The van der Waals surface area contributed by atoms with E-state index in [1.54, 1.807) is 11.6 Å². The second kappa shape index (κ2) is 5.63. The summed E-state index contributed by atoms with van der Waals surface area (Å²) in [5, 5.41) is 3.24. The Morgan fingerprint density at radius 3 is 2.60 bits per heavy atom. The van der Waals surface area contributed by atoms with E-state index in [4.69, 9.17) is 0 Å². The van der Waals surface area contributed by atoms with Crippen molar-refractivity contribution in [3.8, 4) is 0 Å². The molecule has 2 rings (SSSR count). The number of thiophene rings is 1. The Labute approximate surface area is 119 Å². The van der Waals surface area contributed by atoms with Crippen molar-refractivity contribution in [3.63, 3.8) is 0 Å². The lowest BCUT2D eigenvalue weighted by Crippen LogP contribution is -2.33. The normalized spacial score (nSPS) is 16.6. The van der Waals surface area contributed by atoms with Gasteiger partial charge in [-0.25, -0.2) is 13.1 Å². The highest BCUT2D eigenvalue weighted by molar-refractivity contribution is 7.89. The lowest BCUT2D eigenvalue weighted by atomic mass is 10.4. The van der Waals surface area contributed by atoms with Crippen molar-refractivity contribution >= 4 is 21.4 Å². The first-order chi connectivity index (χ1) is 9.17. The second-order valence-corrected chi connectivity index (χ2v) is 7.80. The predicted molar refractivity (Wildman–Crippen MR) is 70.2 cm³/mol. The summed E-state index contributed by atoms with van der Waals surface area (Å²) in [5.41, 5.74) is 0. The minimum absolute atomic E-state index is 0.0700. The fourth-order valence-corrected chi connectivity index (χ4v) is 4.26. The highest BCUT2D eigenvalue weighted by Crippen LogP contribution is 2.27. The predicted octanol–water partition coefficient (Wildman–Crippen LogP) is 2.15. The van der Waals surface area contributed by atoms with Crippen LogP contribution in [-0.2, 0) is 16.6 Å². The first kappa shape index (κ1) is 15.7. The number of aryl methyl sites for hydroxylation is 1. The maximum absolute atomic E-state index is 12.1. The topological polar surface area (TPSA) is 58.2 Å². The van der Waals surface area contributed by atoms with Gasteiger partial charge in [0.2, 0.25) is 10.0 Å². The first-order valence-electron chi connectivity index (χ1n) is 6.06. The molecule has 1 aromatic rings. The van der Waals surface area contributed by atoms with Gasteiger partial charge in [-0.15, -0.1) is 11.3 Å². The molecule has 0 aliphatic heterocycles. The van der Waals surface area contributed by atoms with Crippen molar-refractivity contribution in [2.45, 2.75) is 43.4 Å². The summed E-state index contributed by atoms with van der Waals surface area (Å²) in [5.74, 6) is 0. The summed E-state index contributed by atoms with van der Waals surface area (Å²) in [6.45, 7) is 0.582. The summed E-state index contributed by atoms with van der Waals surface area (Å²) >= 11 is 1.28. The molecule has 0 amide bonds. The van der Waals surface area contributed by atoms with Gasteiger partial charge in [-0.2, -0.15) is 13.2 Å². The van der Waals surface area contributed by atoms with Crippen LogP contribution in [0.15, 0.2) is 11.0 Å². The van der Waals surface area contributed by atoms with Gasteiger partial charge in [0.05, 0.1) is 4.90 Å². The van der Waals surface area contributed by atoms with Crippen LogP contribution >= 0.6 is 11.3 Å². The van der Waals surface area contributed by atoms with E-state index in [0.29, 0.717) is 17.5 Å². The van der Waals surface area contributed by atoms with E-state index >= 15 is 0 Å². The Balaban J connectivity index is 2.05. The van der Waals surface area contributed by atoms with Crippen molar-refractivity contribution in [2.75, 3.05) is 6.54 Å². The molecule has 1 aliphatic carbocycles. The average Bonchev–Trinajstić information content (AvgIpc) is 3.06. The lowest BCUT2D eigenvalue weighted by molar-refractivity contribution is -0.121. The Morgan fingerprint density at radius 1 is 1.40 bits per heavy atom. The molecule has 0 aromatic carbocycles. The molecule has 2 N–H and O–H groups in total. The van der Waals surface area contributed by atoms with Gasteiger partial charge < -0.3 is 5.32 Å². The zero-order chi connectivity index (χ0) is 15.0. The molecule has 0 saturated heterocycles. The van der Waals surface area contributed by atoms with Crippen molar-refractivity contribution in [2.24, 2.45) is 0 Å². The van der Waals surface area contributed by atoms with E-state index in [1.165, 1.54) is 17.4 Å². The minimum Gasteiger partial charge on any atom is -0.309 e. The van der Waals surface area contributed by atoms with Crippen LogP contribution in [0.25, 0.3) is 0 Å². The highest BCUT2D eigenvalue weighted by Gasteiger charge is 2.31. The zero-order valence-electron chi connectivity index (χ0n) is 10.8. The molecule has 1 heterocycles. The fraction of sp³-hybridized carbons (Fsp3) is 0.636. The molecular formula is C11H15F3N2O2S2. The molecule has 1 fully saturated rings. The van der Waals surface area contributed by atoms with Crippen molar-refractivity contribution in [1.29, 1.82) is 0 Å². The quantitative estimate of drug-likeness (QED) is 0.841. The zero-order valence-corrected chi connectivity index (χ0v) is 12.4. The summed E-state index contributed by atoms with van der Waals surface area (Å²) in [4.78, 5) is 1.23. The van der Waals surface area contributed by atoms with Crippen molar-refractivity contribution in [1.82, 2.24) is 10.0 Å². The van der Waals surface area contributed by atoms with Crippen LogP contribution in [-0.4, -0.2) is 27.2 Å². The molecule has 1 saturated carbocycles. The third-order valence-electron chi connectivity index (χ3n) is 2.82. The van der Waals surface area contributed by atoms with Gasteiger partial charge >= 0.3 is 6.18 Å². The van der Waals surface area contributed by atoms with E-state index in [2.05, 4.69) is 5.32 Å². The molecule has 1 aromatic heterocycles. The molecule has 1 aliphatic rings. The van der Waals surface area contributed by atoms with Crippen LogP contribution < -0.4 is 10.0 Å². The third kappa shape index (κ3) is 4.44. The van der Waals surface area contributed by atoms with E-state index < -0.39 is 22.7 Å². The van der Waals surface area contributed by atoms with Crippen LogP contribution in [0.3, 0.4) is 0 Å². The Bertz CT molecular complexity index is 577. The molecule has 0 bridgehead atoms. The van der Waals surface area contributed by atoms with E-state index in [9.17, 15) is 21.6 Å². The first-order valence-corrected chi connectivity index (χ1v) is 8.36. The standard InChI is InChI=1S/C11H15F3N2O2S2/c1-7-10(20(17,18)16-6-11(12,13)14)4-9(19-7)5-15-8-2-3-8/h4,8,15-16H,2-3,5-6H2,1H3. The van der Waals surface area contributed by atoms with Crippen LogP contribution in [0.4, 0.5) is 13.2 Å². The largest absolute Gasteiger partial charge is 0.402 e. The Hall–Kier alpha value is -0.640. The molecule has 4 nitrogen and oxygen atoms in total. The van der Waals surface area contributed by atoms with Gasteiger partial charge in [0, 0.05) is 22.3 Å². The number of sulfonamides is 1. The molecular weight excluding hydrogens is 313 g/mol. The average molecular weight is 328 g/mol. The maximum Gasteiger partial charge on any atom is 0.402 e. The number of halogens is 3. The minimum atomic E-state index is -4.56. The monoisotopic (exact) mass is 328 g/mol. The number of alkyl halides is 3. The SMILES string of the molecule is Cc1sc(CNC2CC2)cc1S(=O)(=O)NCC(F)(F)F. The smallest absolute Gasteiger partial charge is 0.309 e. The van der Waals surface area contributed by atoms with Crippen molar-refractivity contribution in [3.05, 3.63) is 15.8 Å². The highest BCUT2D eigenvalue weighted by atomic mass is 32.2. The number of hydrogen-bond acceptors (Lipinski definition) is 4. The molecule has 9 heteroatoms. The summed E-state index contributed by atoms with van der Waals surface area (Å²) in [6, 6.07) is 1.93. The molecule has 0 spiro atoms. The molecule has 114 valence electrons. The lowest BCUT2D eigenvalue weighted by Gasteiger charge is -2.08. The van der Waals surface area contributed by atoms with Crippen LogP contribution in [0.1, 0.15) is 22.6 Å². The summed E-state index contributed by atoms with van der Waals surface area (Å²) in [6.07, 6.45) is -2.33. The van der Waals surface area contributed by atoms with Crippen molar-refractivity contribution < 1.29 is 21.6 Å². The van der Waals surface area contributed by atoms with E-state index in [1.807, 2.05) is 0 Å². The van der Waals surface area contributed by atoms with Gasteiger partial charge in [-0.1, -0.05) is 0 Å².